The summed E-state index contributed by atoms with van der Waals surface area (Å²) in [6, 6.07) is 38.6. The number of hydrazone groups is 1. The lowest BCUT2D eigenvalue weighted by Gasteiger charge is -2.24. The number of benzene rings is 5. The Hall–Kier alpha value is -4.11. The molecule has 0 bridgehead atoms. The molecule has 6 rings (SSSR count). The van der Waals surface area contributed by atoms with Crippen LogP contribution in [0.25, 0.3) is 21.5 Å². The Morgan fingerprint density at radius 1 is 0.697 bits per heavy atom. The Morgan fingerprint density at radius 2 is 1.33 bits per heavy atom. The van der Waals surface area contributed by atoms with E-state index in [-0.39, 0.29) is 6.04 Å². The second-order valence-electron chi connectivity index (χ2n) is 8.48. The summed E-state index contributed by atoms with van der Waals surface area (Å²) in [5.74, 6) is 0.865. The molecule has 1 aliphatic rings. The minimum atomic E-state index is 0.124. The molecule has 33 heavy (non-hydrogen) atoms. The molecule has 1 atom stereocenters. The Bertz CT molecular complexity index is 1490. The van der Waals surface area contributed by atoms with Crippen molar-refractivity contribution in [2.75, 3.05) is 12.1 Å². The van der Waals surface area contributed by atoms with Crippen LogP contribution in [0, 0.1) is 0 Å². The van der Waals surface area contributed by atoms with Gasteiger partial charge in [-0.2, -0.15) is 5.10 Å². The number of methoxy groups -OCH3 is 1. The zero-order valence-corrected chi connectivity index (χ0v) is 18.5. The van der Waals surface area contributed by atoms with E-state index in [1.165, 1.54) is 32.7 Å². The van der Waals surface area contributed by atoms with E-state index >= 15 is 0 Å². The highest BCUT2D eigenvalue weighted by molar-refractivity contribution is 6.06. The lowest BCUT2D eigenvalue weighted by atomic mass is 9.96. The van der Waals surface area contributed by atoms with Crippen LogP contribution in [0.5, 0.6) is 5.75 Å². The second kappa shape index (κ2) is 8.10. The van der Waals surface area contributed by atoms with Gasteiger partial charge in [-0.25, -0.2) is 0 Å². The fraction of sp³-hybridized carbons (Fsp3) is 0.100. The SMILES string of the molecule is COc1ccc(C2CC(c3ccc4ccccc4c3)=NN2c2ccc3ccccc3c2)cc1. The van der Waals surface area contributed by atoms with E-state index in [0.29, 0.717) is 0 Å². The fourth-order valence-corrected chi connectivity index (χ4v) is 4.70. The largest absolute Gasteiger partial charge is 0.497 e. The highest BCUT2D eigenvalue weighted by atomic mass is 16.5. The normalized spacial score (nSPS) is 15.7. The van der Waals surface area contributed by atoms with Gasteiger partial charge in [0.15, 0.2) is 0 Å². The lowest BCUT2D eigenvalue weighted by molar-refractivity contribution is 0.414. The van der Waals surface area contributed by atoms with Crippen LogP contribution >= 0.6 is 0 Å². The number of anilines is 1. The van der Waals surface area contributed by atoms with Gasteiger partial charge in [0.05, 0.1) is 24.6 Å². The molecule has 0 saturated carbocycles. The van der Waals surface area contributed by atoms with Crippen molar-refractivity contribution in [3.63, 3.8) is 0 Å². The molecular formula is C30H24N2O. The molecule has 3 heteroatoms. The smallest absolute Gasteiger partial charge is 0.118 e. The van der Waals surface area contributed by atoms with Gasteiger partial charge in [-0.15, -0.1) is 0 Å². The van der Waals surface area contributed by atoms with Gasteiger partial charge in [0.2, 0.25) is 0 Å². The summed E-state index contributed by atoms with van der Waals surface area (Å²) in [7, 11) is 1.70. The predicted octanol–water partition coefficient (Wildman–Crippen LogP) is 7.36. The molecule has 0 spiro atoms. The standard InChI is InChI=1S/C30H24N2O/c1-33-28-16-13-23(14-17-28)30-20-29(26-11-10-21-6-2-4-8-24(21)18-26)31-32(30)27-15-12-22-7-3-5-9-25(22)19-27/h2-19,30H,20H2,1H3. The lowest BCUT2D eigenvalue weighted by Crippen LogP contribution is -2.18. The van der Waals surface area contributed by atoms with Gasteiger partial charge in [0.1, 0.15) is 5.75 Å². The summed E-state index contributed by atoms with van der Waals surface area (Å²) in [6.45, 7) is 0. The maximum Gasteiger partial charge on any atom is 0.118 e. The maximum absolute atomic E-state index is 5.38. The molecule has 0 aromatic heterocycles. The Balaban J connectivity index is 1.44. The summed E-state index contributed by atoms with van der Waals surface area (Å²) >= 11 is 0. The Morgan fingerprint density at radius 3 is 2.03 bits per heavy atom. The summed E-state index contributed by atoms with van der Waals surface area (Å²) in [5.41, 5.74) is 4.61. The average Bonchev–Trinajstić information content (AvgIpc) is 3.34. The third-order valence-corrected chi connectivity index (χ3v) is 6.49. The van der Waals surface area contributed by atoms with Gasteiger partial charge in [-0.3, -0.25) is 5.01 Å². The van der Waals surface area contributed by atoms with Crippen molar-refractivity contribution in [1.82, 2.24) is 0 Å². The van der Waals surface area contributed by atoms with Crippen molar-refractivity contribution in [3.05, 3.63) is 120 Å². The minimum Gasteiger partial charge on any atom is -0.497 e. The summed E-state index contributed by atoms with van der Waals surface area (Å²) < 4.78 is 5.38. The van der Waals surface area contributed by atoms with Gasteiger partial charge < -0.3 is 4.74 Å². The molecule has 0 amide bonds. The van der Waals surface area contributed by atoms with Gasteiger partial charge >= 0.3 is 0 Å². The first-order valence-electron chi connectivity index (χ1n) is 11.3. The first kappa shape index (κ1) is 19.6. The summed E-state index contributed by atoms with van der Waals surface area (Å²) in [6.07, 6.45) is 0.845. The highest BCUT2D eigenvalue weighted by Crippen LogP contribution is 2.38. The fourth-order valence-electron chi connectivity index (χ4n) is 4.70. The average molecular weight is 429 g/mol. The maximum atomic E-state index is 5.38. The zero-order chi connectivity index (χ0) is 22.2. The zero-order valence-electron chi connectivity index (χ0n) is 18.5. The second-order valence-corrected chi connectivity index (χ2v) is 8.48. The van der Waals surface area contributed by atoms with Gasteiger partial charge in [0, 0.05) is 6.42 Å². The Labute approximate surface area is 193 Å². The molecular weight excluding hydrogens is 404 g/mol. The molecule has 3 nitrogen and oxygen atoms in total. The van der Waals surface area contributed by atoms with Crippen LogP contribution in [0.4, 0.5) is 5.69 Å². The van der Waals surface area contributed by atoms with Crippen LogP contribution in [0.3, 0.4) is 0 Å². The topological polar surface area (TPSA) is 24.8 Å². The van der Waals surface area contributed by atoms with Gasteiger partial charge in [-0.1, -0.05) is 78.9 Å². The monoisotopic (exact) mass is 428 g/mol. The molecule has 5 aromatic rings. The Kier molecular flexibility index (Phi) is 4.80. The summed E-state index contributed by atoms with van der Waals surface area (Å²) in [4.78, 5) is 0. The molecule has 1 unspecified atom stereocenters. The van der Waals surface area contributed by atoms with Crippen LogP contribution in [0.2, 0.25) is 0 Å². The minimum absolute atomic E-state index is 0.124. The van der Waals surface area contributed by atoms with Crippen molar-refractivity contribution in [3.8, 4) is 5.75 Å². The van der Waals surface area contributed by atoms with Crippen molar-refractivity contribution < 1.29 is 4.74 Å². The van der Waals surface area contributed by atoms with Crippen LogP contribution < -0.4 is 9.75 Å². The first-order valence-corrected chi connectivity index (χ1v) is 11.3. The van der Waals surface area contributed by atoms with Crippen molar-refractivity contribution in [1.29, 1.82) is 0 Å². The number of fused-ring (bicyclic) bond motifs is 2. The number of rotatable bonds is 4. The van der Waals surface area contributed by atoms with E-state index in [9.17, 15) is 0 Å². The van der Waals surface area contributed by atoms with Gasteiger partial charge in [-0.05, 0) is 63.0 Å². The van der Waals surface area contributed by atoms with Crippen LogP contribution in [0.1, 0.15) is 23.6 Å². The van der Waals surface area contributed by atoms with Crippen molar-refractivity contribution in [2.24, 2.45) is 5.10 Å². The van der Waals surface area contributed by atoms with Crippen molar-refractivity contribution in [2.45, 2.75) is 12.5 Å². The van der Waals surface area contributed by atoms with Crippen LogP contribution in [-0.4, -0.2) is 12.8 Å². The molecule has 0 saturated heterocycles. The summed E-state index contributed by atoms with van der Waals surface area (Å²) in [5, 5.41) is 12.3. The van der Waals surface area contributed by atoms with Crippen molar-refractivity contribution >= 4 is 32.9 Å². The third kappa shape index (κ3) is 3.62. The van der Waals surface area contributed by atoms with E-state index < -0.39 is 0 Å². The molecule has 0 aliphatic carbocycles. The molecule has 5 aromatic carbocycles. The molecule has 1 heterocycles. The third-order valence-electron chi connectivity index (χ3n) is 6.49. The van der Waals surface area contributed by atoms with E-state index in [0.717, 1.165) is 23.6 Å². The molecule has 0 radical (unpaired) electrons. The number of nitrogens with zero attached hydrogens (tertiary/aromatic N) is 2. The first-order chi connectivity index (χ1) is 16.3. The molecule has 160 valence electrons. The van der Waals surface area contributed by atoms with Crippen LogP contribution in [0.15, 0.2) is 114 Å². The van der Waals surface area contributed by atoms with Gasteiger partial charge in [0.25, 0.3) is 0 Å². The van der Waals surface area contributed by atoms with E-state index in [1.807, 2.05) is 12.1 Å². The van der Waals surface area contributed by atoms with E-state index in [2.05, 4.69) is 102 Å². The molecule has 1 aliphatic heterocycles. The number of ether oxygens (including phenoxy) is 1. The highest BCUT2D eigenvalue weighted by Gasteiger charge is 2.30. The number of hydrogen-bond acceptors (Lipinski definition) is 3. The predicted molar refractivity (Wildman–Crippen MR) is 137 cm³/mol. The number of hydrogen-bond donors (Lipinski definition) is 0. The van der Waals surface area contributed by atoms with Crippen LogP contribution in [-0.2, 0) is 0 Å². The van der Waals surface area contributed by atoms with E-state index in [4.69, 9.17) is 9.84 Å². The van der Waals surface area contributed by atoms with E-state index in [1.54, 1.807) is 7.11 Å². The quantitative estimate of drug-likeness (QED) is 0.299. The molecule has 0 fully saturated rings. The molecule has 0 N–H and O–H groups in total.